The van der Waals surface area contributed by atoms with Crippen LogP contribution in [-0.2, 0) is 16.1 Å². The van der Waals surface area contributed by atoms with Crippen LogP contribution in [0.3, 0.4) is 0 Å². The average Bonchev–Trinajstić information content (AvgIpc) is 3.24. The molecule has 1 atom stereocenters. The van der Waals surface area contributed by atoms with Crippen molar-refractivity contribution in [1.82, 2.24) is 4.57 Å². The number of rotatable bonds is 8. The number of aromatic nitrogens is 1. The summed E-state index contributed by atoms with van der Waals surface area (Å²) in [6.07, 6.45) is 0.510. The van der Waals surface area contributed by atoms with Crippen molar-refractivity contribution in [3.8, 4) is 11.5 Å². The summed E-state index contributed by atoms with van der Waals surface area (Å²) in [6.45, 7) is 1.60. The summed E-state index contributed by atoms with van der Waals surface area (Å²) >= 11 is 0. The van der Waals surface area contributed by atoms with E-state index in [1.165, 1.54) is 37.8 Å². The van der Waals surface area contributed by atoms with Crippen molar-refractivity contribution in [2.45, 2.75) is 19.6 Å². The minimum Gasteiger partial charge on any atom is -0.497 e. The zero-order chi connectivity index (χ0) is 22.4. The second-order valence-electron chi connectivity index (χ2n) is 6.54. The number of ether oxygens (including phenoxy) is 3. The fourth-order valence-electron chi connectivity index (χ4n) is 2.75. The van der Waals surface area contributed by atoms with Crippen LogP contribution < -0.4 is 20.3 Å². The fourth-order valence-corrected chi connectivity index (χ4v) is 2.75. The van der Waals surface area contributed by atoms with Crippen molar-refractivity contribution in [1.29, 1.82) is 0 Å². The largest absolute Gasteiger partial charge is 0.497 e. The molecule has 0 saturated carbocycles. The molecule has 0 aliphatic heterocycles. The fraction of sp³-hybridized carbons (Fsp3) is 0.227. The van der Waals surface area contributed by atoms with E-state index in [9.17, 15) is 14.4 Å². The molecule has 0 radical (unpaired) electrons. The highest BCUT2D eigenvalue weighted by atomic mass is 16.6. The normalized spacial score (nSPS) is 11.5. The van der Waals surface area contributed by atoms with Gasteiger partial charge in [-0.25, -0.2) is 4.79 Å². The number of nitrogens with one attached hydrogen (secondary N) is 1. The van der Waals surface area contributed by atoms with E-state index in [2.05, 4.69) is 5.32 Å². The molecule has 2 heterocycles. The Bertz CT molecular complexity index is 1130. The van der Waals surface area contributed by atoms with Gasteiger partial charge in [-0.05, 0) is 37.3 Å². The molecule has 0 spiro atoms. The first-order valence-electron chi connectivity index (χ1n) is 9.39. The number of furan rings is 1. The van der Waals surface area contributed by atoms with Crippen LogP contribution in [0.1, 0.15) is 23.2 Å². The third kappa shape index (κ3) is 5.33. The maximum atomic E-state index is 12.5. The van der Waals surface area contributed by atoms with Crippen LogP contribution in [0, 0.1) is 0 Å². The Morgan fingerprint density at radius 3 is 2.61 bits per heavy atom. The Hall–Kier alpha value is -4.01. The van der Waals surface area contributed by atoms with Gasteiger partial charge >= 0.3 is 5.97 Å². The Kier molecular flexibility index (Phi) is 6.76. The van der Waals surface area contributed by atoms with Crippen LogP contribution >= 0.6 is 0 Å². The van der Waals surface area contributed by atoms with Crippen LogP contribution in [0.2, 0.25) is 0 Å². The van der Waals surface area contributed by atoms with Gasteiger partial charge in [0.25, 0.3) is 11.5 Å². The molecule has 0 saturated heterocycles. The molecule has 1 aromatic carbocycles. The summed E-state index contributed by atoms with van der Waals surface area (Å²) in [5, 5.41) is 2.65. The molecule has 0 bridgehead atoms. The smallest absolute Gasteiger partial charge is 0.375 e. The number of esters is 1. The zero-order valence-corrected chi connectivity index (χ0v) is 17.3. The second-order valence-corrected chi connectivity index (χ2v) is 6.54. The molecule has 3 rings (SSSR count). The van der Waals surface area contributed by atoms with Crippen LogP contribution in [0.25, 0.3) is 0 Å². The van der Waals surface area contributed by atoms with Crippen molar-refractivity contribution >= 4 is 17.6 Å². The van der Waals surface area contributed by atoms with Gasteiger partial charge in [-0.2, -0.15) is 0 Å². The highest BCUT2D eigenvalue weighted by Gasteiger charge is 2.22. The zero-order valence-electron chi connectivity index (χ0n) is 17.3. The van der Waals surface area contributed by atoms with Crippen molar-refractivity contribution < 1.29 is 28.2 Å². The summed E-state index contributed by atoms with van der Waals surface area (Å²) in [5.74, 6) is -0.0635. The maximum Gasteiger partial charge on any atom is 0.375 e. The van der Waals surface area contributed by atoms with Crippen LogP contribution in [0.4, 0.5) is 5.69 Å². The highest BCUT2D eigenvalue weighted by Crippen LogP contribution is 2.29. The van der Waals surface area contributed by atoms with E-state index < -0.39 is 18.0 Å². The van der Waals surface area contributed by atoms with E-state index >= 15 is 0 Å². The van der Waals surface area contributed by atoms with Crippen LogP contribution in [-0.4, -0.2) is 36.8 Å². The van der Waals surface area contributed by atoms with Gasteiger partial charge in [0.2, 0.25) is 5.76 Å². The molecule has 1 unspecified atom stereocenters. The summed E-state index contributed by atoms with van der Waals surface area (Å²) in [4.78, 5) is 36.6. The SMILES string of the molecule is COc1ccc(OC)c(NC(=O)C(C)OC(=O)c2ccc(Cn3ccccc3=O)o2)c1. The van der Waals surface area contributed by atoms with E-state index in [0.717, 1.165) is 0 Å². The Balaban J connectivity index is 1.63. The summed E-state index contributed by atoms with van der Waals surface area (Å²) < 4.78 is 22.5. The second kappa shape index (κ2) is 9.66. The first-order chi connectivity index (χ1) is 14.9. The van der Waals surface area contributed by atoms with Gasteiger partial charge < -0.3 is 28.5 Å². The van der Waals surface area contributed by atoms with Crippen molar-refractivity contribution in [2.75, 3.05) is 19.5 Å². The van der Waals surface area contributed by atoms with Gasteiger partial charge in [-0.3, -0.25) is 9.59 Å². The predicted octanol–water partition coefficient (Wildman–Crippen LogP) is 2.69. The van der Waals surface area contributed by atoms with Gasteiger partial charge in [0, 0.05) is 18.3 Å². The summed E-state index contributed by atoms with van der Waals surface area (Å²) in [7, 11) is 2.97. The third-order valence-corrected chi connectivity index (χ3v) is 4.41. The molecule has 1 N–H and O–H groups in total. The Labute approximate surface area is 178 Å². The van der Waals surface area contributed by atoms with Crippen molar-refractivity contribution in [2.24, 2.45) is 0 Å². The standard InChI is InChI=1S/C22H22N2O7/c1-14(21(26)23-17-12-15(28-2)7-9-18(17)29-3)30-22(27)19-10-8-16(31-19)13-24-11-5-4-6-20(24)25/h4-12,14H,13H2,1-3H3,(H,23,26). The minimum absolute atomic E-state index is 0.0717. The number of hydrogen-bond donors (Lipinski definition) is 1. The number of anilines is 1. The van der Waals surface area contributed by atoms with Gasteiger partial charge in [0.1, 0.15) is 17.3 Å². The lowest BCUT2D eigenvalue weighted by atomic mass is 10.2. The van der Waals surface area contributed by atoms with E-state index in [1.807, 2.05) is 0 Å². The van der Waals surface area contributed by atoms with E-state index in [1.54, 1.807) is 42.6 Å². The number of amides is 1. The number of methoxy groups -OCH3 is 2. The monoisotopic (exact) mass is 426 g/mol. The van der Waals surface area contributed by atoms with Gasteiger partial charge in [-0.15, -0.1) is 0 Å². The molecule has 9 heteroatoms. The minimum atomic E-state index is -1.10. The lowest BCUT2D eigenvalue weighted by Crippen LogP contribution is -2.30. The predicted molar refractivity (Wildman–Crippen MR) is 112 cm³/mol. The number of nitrogens with zero attached hydrogens (tertiary/aromatic N) is 1. The van der Waals surface area contributed by atoms with Gasteiger partial charge in [0.15, 0.2) is 6.10 Å². The Morgan fingerprint density at radius 1 is 1.10 bits per heavy atom. The molecule has 0 aliphatic carbocycles. The molecule has 2 aromatic heterocycles. The first-order valence-corrected chi connectivity index (χ1v) is 9.39. The van der Waals surface area contributed by atoms with Crippen LogP contribution in [0.15, 0.2) is 63.9 Å². The molecule has 0 fully saturated rings. The molecule has 0 aliphatic rings. The summed E-state index contributed by atoms with van der Waals surface area (Å²) in [5.41, 5.74) is 0.185. The molecular formula is C22H22N2O7. The van der Waals surface area contributed by atoms with Crippen LogP contribution in [0.5, 0.6) is 11.5 Å². The molecule has 3 aromatic rings. The van der Waals surface area contributed by atoms with Gasteiger partial charge in [-0.1, -0.05) is 6.07 Å². The maximum absolute atomic E-state index is 12.5. The van der Waals surface area contributed by atoms with Gasteiger partial charge in [0.05, 0.1) is 26.5 Å². The lowest BCUT2D eigenvalue weighted by Gasteiger charge is -2.15. The lowest BCUT2D eigenvalue weighted by molar-refractivity contribution is -0.123. The van der Waals surface area contributed by atoms with Crippen molar-refractivity contribution in [3.63, 3.8) is 0 Å². The topological polar surface area (TPSA) is 109 Å². The third-order valence-electron chi connectivity index (χ3n) is 4.41. The van der Waals surface area contributed by atoms with Crippen molar-refractivity contribution in [3.05, 3.63) is 76.6 Å². The molecule has 1 amide bonds. The average molecular weight is 426 g/mol. The Morgan fingerprint density at radius 2 is 1.90 bits per heavy atom. The summed E-state index contributed by atoms with van der Waals surface area (Å²) in [6, 6.07) is 12.7. The molecule has 9 nitrogen and oxygen atoms in total. The number of benzene rings is 1. The number of pyridine rings is 1. The van der Waals surface area contributed by atoms with E-state index in [0.29, 0.717) is 22.9 Å². The number of hydrogen-bond acceptors (Lipinski definition) is 7. The van der Waals surface area contributed by atoms with E-state index in [4.69, 9.17) is 18.6 Å². The molecular weight excluding hydrogens is 404 g/mol. The quantitative estimate of drug-likeness (QED) is 0.552. The highest BCUT2D eigenvalue weighted by molar-refractivity contribution is 5.97. The number of carbonyl (C=O) groups is 2. The first kappa shape index (κ1) is 21.7. The molecule has 162 valence electrons. The molecule has 31 heavy (non-hydrogen) atoms. The van der Waals surface area contributed by atoms with E-state index in [-0.39, 0.29) is 17.9 Å². The number of carbonyl (C=O) groups excluding carboxylic acids is 2.